The Balaban J connectivity index is 0.000000607. The van der Waals surface area contributed by atoms with E-state index in [0.717, 1.165) is 44.9 Å². The van der Waals surface area contributed by atoms with Crippen LogP contribution in [0.15, 0.2) is 58.8 Å². The SMILES string of the molecule is CC(=Nc1c(C)cc(C)cc1Cl)c1cccnc1.C[C-]=Nc1c(C)cc(C)cc1Cl.[Cl-].[Fe+2]. The van der Waals surface area contributed by atoms with Crippen molar-refractivity contribution < 1.29 is 29.5 Å². The predicted octanol–water partition coefficient (Wildman–Crippen LogP) is 5.05. The number of aryl methyl sites for hydroxylation is 4. The zero-order valence-electron chi connectivity index (χ0n) is 18.9. The average molecular weight is 531 g/mol. The summed E-state index contributed by atoms with van der Waals surface area (Å²) >= 11 is 12.2. The molecule has 0 unspecified atom stereocenters. The number of hydrogen-bond acceptors (Lipinski definition) is 3. The number of aromatic nitrogens is 1. The fraction of sp³-hybridized carbons (Fsp3) is 0.240. The maximum Gasteiger partial charge on any atom is 2.00 e. The molecule has 0 amide bonds. The van der Waals surface area contributed by atoms with Crippen LogP contribution in [0.3, 0.4) is 0 Å². The van der Waals surface area contributed by atoms with Crippen LogP contribution in [0.25, 0.3) is 0 Å². The van der Waals surface area contributed by atoms with Crippen LogP contribution in [0, 0.1) is 27.7 Å². The molecule has 170 valence electrons. The molecule has 32 heavy (non-hydrogen) atoms. The molecule has 0 fully saturated rings. The Bertz CT molecular complexity index is 1040. The van der Waals surface area contributed by atoms with Gasteiger partial charge in [0, 0.05) is 23.7 Å². The van der Waals surface area contributed by atoms with Gasteiger partial charge in [-0.05, 0) is 56.0 Å². The fourth-order valence-corrected chi connectivity index (χ4v) is 3.75. The van der Waals surface area contributed by atoms with E-state index in [2.05, 4.69) is 33.3 Å². The molecule has 7 heteroatoms. The molecule has 0 aliphatic rings. The third kappa shape index (κ3) is 8.69. The van der Waals surface area contributed by atoms with Crippen LogP contribution in [-0.4, -0.2) is 16.9 Å². The number of hydrogen-bond donors (Lipinski definition) is 0. The molecule has 1 aromatic heterocycles. The van der Waals surface area contributed by atoms with Crippen molar-refractivity contribution in [3.63, 3.8) is 0 Å². The Morgan fingerprint density at radius 1 is 0.906 bits per heavy atom. The molecule has 0 bridgehead atoms. The molecule has 0 saturated carbocycles. The summed E-state index contributed by atoms with van der Waals surface area (Å²) in [5, 5.41) is 1.39. The van der Waals surface area contributed by atoms with Crippen LogP contribution in [0.2, 0.25) is 10.0 Å². The first kappa shape index (κ1) is 30.3. The molecule has 0 saturated heterocycles. The van der Waals surface area contributed by atoms with Gasteiger partial charge in [-0.2, -0.15) is 6.21 Å². The van der Waals surface area contributed by atoms with Crippen molar-refractivity contribution in [2.75, 3.05) is 0 Å². The van der Waals surface area contributed by atoms with Crippen LogP contribution in [0.5, 0.6) is 0 Å². The van der Waals surface area contributed by atoms with Gasteiger partial charge < -0.3 is 17.4 Å². The topological polar surface area (TPSA) is 37.6 Å². The Hall–Kier alpha value is -1.68. The van der Waals surface area contributed by atoms with E-state index in [0.29, 0.717) is 10.0 Å². The molecular formula is C25H26Cl3FeN3. The second-order valence-electron chi connectivity index (χ2n) is 7.10. The van der Waals surface area contributed by atoms with E-state index >= 15 is 0 Å². The van der Waals surface area contributed by atoms with Gasteiger partial charge in [-0.25, -0.2) is 0 Å². The van der Waals surface area contributed by atoms with E-state index < -0.39 is 0 Å². The van der Waals surface area contributed by atoms with Crippen molar-refractivity contribution >= 4 is 46.5 Å². The largest absolute Gasteiger partial charge is 2.00 e. The molecule has 3 nitrogen and oxygen atoms in total. The number of benzene rings is 2. The molecular weight excluding hydrogens is 505 g/mol. The number of halogens is 3. The third-order valence-corrected chi connectivity index (χ3v) is 4.96. The van der Waals surface area contributed by atoms with E-state index in [4.69, 9.17) is 23.2 Å². The van der Waals surface area contributed by atoms with Crippen molar-refractivity contribution in [2.45, 2.75) is 41.5 Å². The number of rotatable bonds is 3. The molecule has 1 heterocycles. The zero-order chi connectivity index (χ0) is 22.3. The summed E-state index contributed by atoms with van der Waals surface area (Å²) in [6.45, 7) is 11.8. The van der Waals surface area contributed by atoms with Gasteiger partial charge >= 0.3 is 17.1 Å². The molecule has 0 radical (unpaired) electrons. The van der Waals surface area contributed by atoms with E-state index in [1.165, 1.54) is 0 Å². The second kappa shape index (κ2) is 14.5. The zero-order valence-corrected chi connectivity index (χ0v) is 22.3. The average Bonchev–Trinajstić information content (AvgIpc) is 2.68. The van der Waals surface area contributed by atoms with Gasteiger partial charge in [0.1, 0.15) is 0 Å². The Labute approximate surface area is 218 Å². The monoisotopic (exact) mass is 529 g/mol. The summed E-state index contributed by atoms with van der Waals surface area (Å²) < 4.78 is 0. The van der Waals surface area contributed by atoms with Crippen molar-refractivity contribution in [1.82, 2.24) is 4.98 Å². The smallest absolute Gasteiger partial charge is 1.00 e. The minimum absolute atomic E-state index is 0. The number of pyridine rings is 1. The summed E-state index contributed by atoms with van der Waals surface area (Å²) in [5.74, 6) is 0. The van der Waals surface area contributed by atoms with E-state index in [1.54, 1.807) is 19.3 Å². The Morgan fingerprint density at radius 2 is 1.44 bits per heavy atom. The first-order chi connectivity index (χ1) is 14.2. The normalized spacial score (nSPS) is 10.7. The van der Waals surface area contributed by atoms with Crippen molar-refractivity contribution in [3.8, 4) is 0 Å². The quantitative estimate of drug-likeness (QED) is 0.265. The number of nitrogens with zero attached hydrogens (tertiary/aromatic N) is 3. The minimum atomic E-state index is 0. The Morgan fingerprint density at radius 3 is 1.88 bits per heavy atom. The Kier molecular flexibility index (Phi) is 13.7. The standard InChI is InChI=1S/C15H15ClN2.C10H11ClN.ClH.Fe/c1-10-7-11(2)15(14(16)8-10)18-12(3)13-5-4-6-17-9-13;1-4-12-10-8(3)5-7(2)6-9(10)11;;/h4-9H,1-3H3;5-6H,1-3H3;1H;/q;-1;;+2/p-1. The van der Waals surface area contributed by atoms with Crippen LogP contribution in [-0.2, 0) is 17.1 Å². The maximum absolute atomic E-state index is 6.24. The minimum Gasteiger partial charge on any atom is -1.00 e. The molecule has 0 N–H and O–H groups in total. The van der Waals surface area contributed by atoms with Gasteiger partial charge in [0.2, 0.25) is 0 Å². The summed E-state index contributed by atoms with van der Waals surface area (Å²) in [7, 11) is 0. The van der Waals surface area contributed by atoms with Crippen LogP contribution in [0.4, 0.5) is 11.4 Å². The first-order valence-corrected chi connectivity index (χ1v) is 10.3. The van der Waals surface area contributed by atoms with E-state index in [9.17, 15) is 0 Å². The molecule has 2 aromatic carbocycles. The van der Waals surface area contributed by atoms with Gasteiger partial charge in [0.05, 0.1) is 10.7 Å². The van der Waals surface area contributed by atoms with Crippen LogP contribution < -0.4 is 12.4 Å². The molecule has 0 spiro atoms. The molecule has 3 aromatic rings. The molecule has 0 atom stereocenters. The van der Waals surface area contributed by atoms with E-state index in [1.807, 2.05) is 58.9 Å². The van der Waals surface area contributed by atoms with Crippen molar-refractivity contribution in [2.24, 2.45) is 9.98 Å². The van der Waals surface area contributed by atoms with Crippen LogP contribution in [0.1, 0.15) is 41.7 Å². The van der Waals surface area contributed by atoms with Crippen molar-refractivity contribution in [1.29, 1.82) is 0 Å². The summed E-state index contributed by atoms with van der Waals surface area (Å²) in [6, 6.07) is 11.9. The van der Waals surface area contributed by atoms with Gasteiger partial charge in [-0.15, -0.1) is 24.1 Å². The predicted molar refractivity (Wildman–Crippen MR) is 131 cm³/mol. The van der Waals surface area contributed by atoms with Gasteiger partial charge in [-0.3, -0.25) is 9.98 Å². The first-order valence-electron chi connectivity index (χ1n) is 9.59. The van der Waals surface area contributed by atoms with Gasteiger partial charge in [0.15, 0.2) is 0 Å². The molecule has 0 aliphatic carbocycles. The molecule has 3 rings (SSSR count). The molecule has 0 aliphatic heterocycles. The van der Waals surface area contributed by atoms with E-state index in [-0.39, 0.29) is 29.5 Å². The maximum atomic E-state index is 6.24. The van der Waals surface area contributed by atoms with Crippen molar-refractivity contribution in [3.05, 3.63) is 86.7 Å². The fourth-order valence-electron chi connectivity index (χ4n) is 3.02. The summed E-state index contributed by atoms with van der Waals surface area (Å²) in [4.78, 5) is 12.8. The van der Waals surface area contributed by atoms with Crippen LogP contribution >= 0.6 is 23.2 Å². The van der Waals surface area contributed by atoms with Gasteiger partial charge in [0.25, 0.3) is 0 Å². The second-order valence-corrected chi connectivity index (χ2v) is 7.91. The summed E-state index contributed by atoms with van der Waals surface area (Å²) in [5.41, 5.74) is 8.07. The summed E-state index contributed by atoms with van der Waals surface area (Å²) in [6.07, 6.45) is 6.28. The third-order valence-electron chi connectivity index (χ3n) is 4.38. The number of aliphatic imine (C=N–C) groups is 2. The van der Waals surface area contributed by atoms with Gasteiger partial charge in [-0.1, -0.05) is 54.0 Å².